The van der Waals surface area contributed by atoms with Crippen molar-refractivity contribution in [3.8, 4) is 23.0 Å². The second-order valence-corrected chi connectivity index (χ2v) is 15.0. The van der Waals surface area contributed by atoms with Crippen LogP contribution in [0.15, 0.2) is 58.7 Å². The molecule has 11 nitrogen and oxygen atoms in total. The topological polar surface area (TPSA) is 157 Å². The number of nitrogens with one attached hydrogen (secondary N) is 2. The lowest BCUT2D eigenvalue weighted by Gasteiger charge is -2.32. The summed E-state index contributed by atoms with van der Waals surface area (Å²) in [7, 11) is 2.93. The van der Waals surface area contributed by atoms with Crippen LogP contribution in [0.1, 0.15) is 49.7 Å². The Morgan fingerprint density at radius 3 is 2.43 bits per heavy atom. The molecule has 2 amide bonds. The Morgan fingerprint density at radius 1 is 1.12 bits per heavy atom. The quantitative estimate of drug-likeness (QED) is 0.103. The summed E-state index contributed by atoms with van der Waals surface area (Å²) in [6, 6.07) is 7.74. The lowest BCUT2D eigenvalue weighted by molar-refractivity contribution is -0.120. The maximum atomic E-state index is 15.5. The molecule has 2 aliphatic rings. The zero-order valence-electron chi connectivity index (χ0n) is 31.6. The van der Waals surface area contributed by atoms with Gasteiger partial charge in [-0.05, 0) is 80.8 Å². The highest BCUT2D eigenvalue weighted by Crippen LogP contribution is 2.57. The van der Waals surface area contributed by atoms with Gasteiger partial charge in [-0.15, -0.1) is 0 Å². The van der Waals surface area contributed by atoms with Crippen molar-refractivity contribution in [3.05, 3.63) is 87.3 Å². The van der Waals surface area contributed by atoms with Crippen LogP contribution in [0.5, 0.6) is 0 Å². The Morgan fingerprint density at radius 2 is 1.81 bits per heavy atom. The fourth-order valence-corrected chi connectivity index (χ4v) is 7.52. The van der Waals surface area contributed by atoms with Crippen molar-refractivity contribution in [1.29, 1.82) is 0 Å². The Hall–Kier alpha value is -5.44. The fraction of sp³-hybridized carbons (Fsp3) is 0.375. The number of aromatic nitrogens is 3. The van der Waals surface area contributed by atoms with Gasteiger partial charge >= 0.3 is 0 Å². The lowest BCUT2D eigenvalue weighted by Crippen LogP contribution is -2.37. The molecule has 2 saturated carbocycles. The first-order valence-corrected chi connectivity index (χ1v) is 18.3. The number of fused-ring (bicyclic) bond motifs is 2. The summed E-state index contributed by atoms with van der Waals surface area (Å²) >= 11 is 6.65. The predicted molar refractivity (Wildman–Crippen MR) is 204 cm³/mol. The summed E-state index contributed by atoms with van der Waals surface area (Å²) in [5.41, 5.74) is 3.04. The third kappa shape index (κ3) is 8.69. The van der Waals surface area contributed by atoms with Gasteiger partial charge < -0.3 is 26.2 Å². The van der Waals surface area contributed by atoms with Crippen molar-refractivity contribution in [1.82, 2.24) is 20.1 Å². The molecule has 3 atom stereocenters. The number of alkyl halides is 4. The third-order valence-electron chi connectivity index (χ3n) is 9.82. The van der Waals surface area contributed by atoms with Gasteiger partial charge in [0, 0.05) is 42.8 Å². The van der Waals surface area contributed by atoms with Gasteiger partial charge in [0.25, 0.3) is 18.3 Å². The second kappa shape index (κ2) is 16.4. The second-order valence-electron chi connectivity index (χ2n) is 14.6. The molecule has 0 unspecified atom stereocenters. The number of aliphatic hydroxyl groups is 1. The van der Waals surface area contributed by atoms with Crippen LogP contribution >= 0.6 is 11.6 Å². The molecule has 4 aromatic rings. The van der Waals surface area contributed by atoms with Crippen LogP contribution < -0.4 is 16.4 Å². The van der Waals surface area contributed by atoms with Crippen molar-refractivity contribution in [2.45, 2.75) is 57.1 Å². The number of aliphatic imine (C=N–C) groups is 1. The van der Waals surface area contributed by atoms with E-state index in [1.54, 1.807) is 19.2 Å². The van der Waals surface area contributed by atoms with E-state index < -0.39 is 82.8 Å². The van der Waals surface area contributed by atoms with Gasteiger partial charge in [0.15, 0.2) is 5.82 Å². The van der Waals surface area contributed by atoms with Crippen LogP contribution in [0, 0.1) is 35.3 Å². The number of allylic oxidation sites excluding steroid dienone is 2. The van der Waals surface area contributed by atoms with Gasteiger partial charge in [0.05, 0.1) is 33.4 Å². The minimum Gasteiger partial charge on any atom is -0.397 e. The fourth-order valence-electron chi connectivity index (χ4n) is 7.28. The molecule has 2 aromatic carbocycles. The predicted octanol–water partition coefficient (Wildman–Crippen LogP) is 6.27. The number of hydrogen-bond donors (Lipinski definition) is 4. The molecule has 2 aliphatic carbocycles. The van der Waals surface area contributed by atoms with Crippen molar-refractivity contribution in [2.75, 3.05) is 25.6 Å². The van der Waals surface area contributed by atoms with Crippen molar-refractivity contribution in [3.63, 3.8) is 0 Å². The zero-order valence-corrected chi connectivity index (χ0v) is 32.3. The first-order chi connectivity index (χ1) is 27.3. The van der Waals surface area contributed by atoms with Gasteiger partial charge in [-0.1, -0.05) is 23.6 Å². The van der Waals surface area contributed by atoms with Crippen molar-refractivity contribution >= 4 is 45.8 Å². The molecule has 6 rings (SSSR count). The normalized spacial score (nSPS) is 19.4. The summed E-state index contributed by atoms with van der Waals surface area (Å²) in [6.45, 7) is 1.66. The molecular formula is C40H38ClF6N7O4. The Kier molecular flexibility index (Phi) is 11.9. The summed E-state index contributed by atoms with van der Waals surface area (Å²) in [4.78, 5) is 34.9. The number of carbonyl (C=O) groups is 2. The molecule has 0 radical (unpaired) electrons. The third-order valence-corrected chi connectivity index (χ3v) is 10.1. The lowest BCUT2D eigenvalue weighted by atomic mass is 9.73. The molecule has 58 heavy (non-hydrogen) atoms. The van der Waals surface area contributed by atoms with E-state index in [9.17, 15) is 32.3 Å². The van der Waals surface area contributed by atoms with Gasteiger partial charge in [0.2, 0.25) is 5.91 Å². The maximum Gasteiger partial charge on any atom is 0.292 e. The Balaban J connectivity index is 1.50. The highest BCUT2D eigenvalue weighted by atomic mass is 35.5. The molecule has 0 bridgehead atoms. The van der Waals surface area contributed by atoms with E-state index in [1.165, 1.54) is 37.8 Å². The SMILES string of the molecule is COCC(=O)Nc1nn(C)c2c(-c3ccc(C#CC(C)(C)O)nc3[C@H](Cc3cc(F)cc(F)c3)NC(=O)CN=C3C(=C(N)C(F)F)[C@H]4CC[C@H]4C3(F)F)ccc(Cl)c12. The van der Waals surface area contributed by atoms with Crippen LogP contribution in [0.4, 0.5) is 32.2 Å². The van der Waals surface area contributed by atoms with Crippen LogP contribution in [0.3, 0.4) is 0 Å². The molecule has 2 fully saturated rings. The van der Waals surface area contributed by atoms with Crippen LogP contribution in [-0.4, -0.2) is 75.6 Å². The Bertz CT molecular complexity index is 2400. The number of hydrogen-bond acceptors (Lipinski definition) is 8. The minimum absolute atomic E-state index is 0.0615. The van der Waals surface area contributed by atoms with E-state index in [2.05, 4.69) is 32.6 Å². The average Bonchev–Trinajstić information content (AvgIpc) is 3.51. The monoisotopic (exact) mass is 829 g/mol. The van der Waals surface area contributed by atoms with Crippen molar-refractivity contribution in [2.24, 2.45) is 29.6 Å². The summed E-state index contributed by atoms with van der Waals surface area (Å²) < 4.78 is 94.0. The molecule has 2 aromatic heterocycles. The number of nitrogens with two attached hydrogens (primary N) is 1. The highest BCUT2D eigenvalue weighted by Gasteiger charge is 2.62. The van der Waals surface area contributed by atoms with Gasteiger partial charge in [-0.2, -0.15) is 13.9 Å². The maximum absolute atomic E-state index is 15.5. The van der Waals surface area contributed by atoms with E-state index >= 15 is 8.78 Å². The minimum atomic E-state index is -3.62. The molecule has 0 saturated heterocycles. The number of ether oxygens (including phenoxy) is 1. The van der Waals surface area contributed by atoms with E-state index in [1.807, 2.05) is 0 Å². The summed E-state index contributed by atoms with van der Waals surface area (Å²) in [6.07, 6.45) is -3.28. The molecule has 0 spiro atoms. The number of amides is 2. The molecule has 2 heterocycles. The number of anilines is 1. The van der Waals surface area contributed by atoms with E-state index in [4.69, 9.17) is 27.1 Å². The molecular weight excluding hydrogens is 792 g/mol. The smallest absolute Gasteiger partial charge is 0.292 e. The summed E-state index contributed by atoms with van der Waals surface area (Å²) in [5, 5.41) is 20.7. The summed E-state index contributed by atoms with van der Waals surface area (Å²) in [5.74, 6) is -3.63. The number of aryl methyl sites for hydroxylation is 1. The number of methoxy groups -OCH3 is 1. The number of benzene rings is 2. The molecule has 306 valence electrons. The average molecular weight is 830 g/mol. The molecule has 18 heteroatoms. The Labute approximate surface area is 333 Å². The number of carbonyl (C=O) groups excluding carboxylic acids is 2. The highest BCUT2D eigenvalue weighted by molar-refractivity contribution is 6.37. The first-order valence-electron chi connectivity index (χ1n) is 17.9. The zero-order chi connectivity index (χ0) is 42.3. The standard InChI is InChI=1S/C40H38ClF6N7O4/c1-39(2,57)12-11-22-5-6-23(24-8-10-27(41)32-35(24)54(3)53-38(32)52-30(56)18-58-4)34(50-22)28(15-19-13-20(42)16-21(43)14-19)51-29(55)17-49-36-31(33(48)37(44)45)25-7-9-26(25)40(36,46)47/h5-6,8,10,13-14,16,25-26,28,37,57H,7,9,15,17-18,48H2,1-4H3,(H,51,55)(H,52,53,56)/t25-,26+,28-/m0/s1. The number of nitrogens with zero attached hydrogens (tertiary/aromatic N) is 4. The van der Waals surface area contributed by atoms with Gasteiger partial charge in [-0.25, -0.2) is 22.5 Å². The number of pyridine rings is 1. The largest absolute Gasteiger partial charge is 0.397 e. The van der Waals surface area contributed by atoms with E-state index in [-0.39, 0.29) is 53.7 Å². The molecule has 5 N–H and O–H groups in total. The van der Waals surface area contributed by atoms with E-state index in [0.717, 1.165) is 12.1 Å². The van der Waals surface area contributed by atoms with Gasteiger partial charge in [0.1, 0.15) is 41.8 Å². The van der Waals surface area contributed by atoms with Crippen molar-refractivity contribution < 1.29 is 45.8 Å². The number of rotatable bonds is 11. The number of halogens is 7. The van der Waals surface area contributed by atoms with Crippen LogP contribution in [-0.2, 0) is 27.8 Å². The van der Waals surface area contributed by atoms with Crippen LogP contribution in [0.25, 0.3) is 22.0 Å². The van der Waals surface area contributed by atoms with Gasteiger partial charge in [-0.3, -0.25) is 19.3 Å². The molecule has 0 aliphatic heterocycles. The first kappa shape index (κ1) is 42.2. The van der Waals surface area contributed by atoms with E-state index in [0.29, 0.717) is 28.1 Å². The van der Waals surface area contributed by atoms with Crippen LogP contribution in [0.2, 0.25) is 5.02 Å².